The lowest BCUT2D eigenvalue weighted by Gasteiger charge is -2.06. The lowest BCUT2D eigenvalue weighted by molar-refractivity contribution is 0.544. The average molecular weight is 432 g/mol. The Morgan fingerprint density at radius 1 is 0.429 bits per heavy atom. The molecule has 0 unspecified atom stereocenters. The SMILES string of the molecule is Br.Br.CCCCCCCNCCCNCCCCCCC. The Balaban J connectivity index is -0.00000162. The van der Waals surface area contributed by atoms with Crippen LogP contribution < -0.4 is 10.6 Å². The van der Waals surface area contributed by atoms with Crippen molar-refractivity contribution >= 4 is 34.0 Å². The van der Waals surface area contributed by atoms with Crippen molar-refractivity contribution in [2.75, 3.05) is 26.2 Å². The number of nitrogens with one attached hydrogen (secondary N) is 2. The molecule has 2 N–H and O–H groups in total. The van der Waals surface area contributed by atoms with Crippen LogP contribution in [0.3, 0.4) is 0 Å². The molecule has 0 saturated heterocycles. The first-order valence-corrected chi connectivity index (χ1v) is 8.83. The quantitative estimate of drug-likeness (QED) is 0.308. The third-order valence-electron chi connectivity index (χ3n) is 3.62. The molecule has 0 saturated carbocycles. The van der Waals surface area contributed by atoms with Gasteiger partial charge in [0, 0.05) is 0 Å². The molecule has 2 nitrogen and oxygen atoms in total. The van der Waals surface area contributed by atoms with Crippen molar-refractivity contribution in [1.82, 2.24) is 10.6 Å². The number of unbranched alkanes of at least 4 members (excludes halogenated alkanes) is 8. The summed E-state index contributed by atoms with van der Waals surface area (Å²) in [6, 6.07) is 0. The molecular weight excluding hydrogens is 392 g/mol. The number of rotatable bonds is 16. The van der Waals surface area contributed by atoms with E-state index in [0.29, 0.717) is 0 Å². The van der Waals surface area contributed by atoms with Crippen molar-refractivity contribution in [2.45, 2.75) is 84.5 Å². The first-order valence-electron chi connectivity index (χ1n) is 8.83. The predicted octanol–water partition coefficient (Wildman–Crippen LogP) is 5.65. The van der Waals surface area contributed by atoms with E-state index in [2.05, 4.69) is 24.5 Å². The molecule has 0 aromatic rings. The van der Waals surface area contributed by atoms with Crippen molar-refractivity contribution in [3.05, 3.63) is 0 Å². The highest BCUT2D eigenvalue weighted by molar-refractivity contribution is 8.93. The zero-order chi connectivity index (χ0) is 14.0. The molecule has 0 heterocycles. The van der Waals surface area contributed by atoms with E-state index >= 15 is 0 Å². The summed E-state index contributed by atoms with van der Waals surface area (Å²) in [4.78, 5) is 0. The minimum Gasteiger partial charge on any atom is -0.317 e. The molecule has 0 spiro atoms. The third kappa shape index (κ3) is 26.1. The maximum absolute atomic E-state index is 3.54. The standard InChI is InChI=1S/C17H38N2.2BrH/c1-3-5-7-9-11-14-18-16-13-17-19-15-12-10-8-6-4-2;;/h18-19H,3-17H2,1-2H3;2*1H. The molecule has 0 aromatic carbocycles. The molecule has 132 valence electrons. The Bertz CT molecular complexity index is 142. The van der Waals surface area contributed by atoms with Crippen LogP contribution in [-0.2, 0) is 0 Å². The lowest BCUT2D eigenvalue weighted by Crippen LogP contribution is -2.23. The van der Waals surface area contributed by atoms with Gasteiger partial charge in [-0.05, 0) is 45.4 Å². The van der Waals surface area contributed by atoms with Crippen LogP contribution in [0.15, 0.2) is 0 Å². The van der Waals surface area contributed by atoms with E-state index in [1.54, 1.807) is 0 Å². The van der Waals surface area contributed by atoms with Crippen LogP contribution in [0.1, 0.15) is 84.5 Å². The van der Waals surface area contributed by atoms with Gasteiger partial charge in [-0.25, -0.2) is 0 Å². The first-order chi connectivity index (χ1) is 9.41. The summed E-state index contributed by atoms with van der Waals surface area (Å²) >= 11 is 0. The smallest absolute Gasteiger partial charge is 0.00368 e. The molecule has 0 bridgehead atoms. The first kappa shape index (κ1) is 26.8. The van der Waals surface area contributed by atoms with Crippen LogP contribution in [0.2, 0.25) is 0 Å². The van der Waals surface area contributed by atoms with Crippen LogP contribution in [-0.4, -0.2) is 26.2 Å². The highest BCUT2D eigenvalue weighted by Gasteiger charge is 1.92. The second kappa shape index (κ2) is 25.8. The Kier molecular flexibility index (Phi) is 32.9. The zero-order valence-corrected chi connectivity index (χ0v) is 17.8. The van der Waals surface area contributed by atoms with E-state index in [-0.39, 0.29) is 34.0 Å². The molecule has 0 rings (SSSR count). The van der Waals surface area contributed by atoms with Gasteiger partial charge in [0.25, 0.3) is 0 Å². The molecule has 0 aliphatic heterocycles. The number of hydrogen-bond acceptors (Lipinski definition) is 2. The summed E-state index contributed by atoms with van der Waals surface area (Å²) in [5, 5.41) is 7.08. The van der Waals surface area contributed by atoms with E-state index in [1.165, 1.54) is 96.8 Å². The normalized spacial score (nSPS) is 10.0. The summed E-state index contributed by atoms with van der Waals surface area (Å²) in [5.74, 6) is 0. The summed E-state index contributed by atoms with van der Waals surface area (Å²) in [7, 11) is 0. The van der Waals surface area contributed by atoms with E-state index in [1.807, 2.05) is 0 Å². The van der Waals surface area contributed by atoms with Crippen LogP contribution in [0.4, 0.5) is 0 Å². The van der Waals surface area contributed by atoms with Crippen LogP contribution in [0, 0.1) is 0 Å². The Morgan fingerprint density at radius 3 is 1.14 bits per heavy atom. The van der Waals surface area contributed by atoms with Gasteiger partial charge in [-0.1, -0.05) is 65.2 Å². The summed E-state index contributed by atoms with van der Waals surface area (Å²) in [5.41, 5.74) is 0. The average Bonchev–Trinajstić information content (AvgIpc) is 2.43. The molecule has 0 amide bonds. The van der Waals surface area contributed by atoms with Gasteiger partial charge >= 0.3 is 0 Å². The minimum absolute atomic E-state index is 0. The highest BCUT2D eigenvalue weighted by atomic mass is 79.9. The largest absolute Gasteiger partial charge is 0.317 e. The molecule has 4 heteroatoms. The zero-order valence-electron chi connectivity index (χ0n) is 14.4. The molecule has 0 aromatic heterocycles. The fourth-order valence-electron chi connectivity index (χ4n) is 2.30. The summed E-state index contributed by atoms with van der Waals surface area (Å²) in [6.45, 7) is 9.32. The van der Waals surface area contributed by atoms with Gasteiger partial charge in [0.2, 0.25) is 0 Å². The highest BCUT2D eigenvalue weighted by Crippen LogP contribution is 2.01. The van der Waals surface area contributed by atoms with Crippen molar-refractivity contribution < 1.29 is 0 Å². The second-order valence-electron chi connectivity index (χ2n) is 5.68. The fraction of sp³-hybridized carbons (Fsp3) is 1.00. The molecular formula is C17H40Br2N2. The van der Waals surface area contributed by atoms with Crippen LogP contribution in [0.25, 0.3) is 0 Å². The molecule has 21 heavy (non-hydrogen) atoms. The van der Waals surface area contributed by atoms with Gasteiger partial charge in [0.05, 0.1) is 0 Å². The van der Waals surface area contributed by atoms with Gasteiger partial charge in [-0.2, -0.15) is 0 Å². The van der Waals surface area contributed by atoms with Crippen LogP contribution >= 0.6 is 34.0 Å². The molecule has 0 radical (unpaired) electrons. The molecule has 0 aliphatic carbocycles. The van der Waals surface area contributed by atoms with Gasteiger partial charge in [-0.3, -0.25) is 0 Å². The van der Waals surface area contributed by atoms with E-state index < -0.39 is 0 Å². The van der Waals surface area contributed by atoms with Crippen molar-refractivity contribution in [3.8, 4) is 0 Å². The van der Waals surface area contributed by atoms with E-state index in [4.69, 9.17) is 0 Å². The number of halogens is 2. The molecule has 0 fully saturated rings. The lowest BCUT2D eigenvalue weighted by atomic mass is 10.1. The van der Waals surface area contributed by atoms with Crippen molar-refractivity contribution in [1.29, 1.82) is 0 Å². The van der Waals surface area contributed by atoms with Gasteiger partial charge in [0.15, 0.2) is 0 Å². The number of hydrogen-bond donors (Lipinski definition) is 2. The maximum Gasteiger partial charge on any atom is -0.00368 e. The van der Waals surface area contributed by atoms with Gasteiger partial charge in [0.1, 0.15) is 0 Å². The van der Waals surface area contributed by atoms with Gasteiger partial charge in [-0.15, -0.1) is 34.0 Å². The molecule has 0 aliphatic rings. The predicted molar refractivity (Wildman–Crippen MR) is 109 cm³/mol. The Labute approximate surface area is 155 Å². The van der Waals surface area contributed by atoms with Gasteiger partial charge < -0.3 is 10.6 Å². The van der Waals surface area contributed by atoms with E-state index in [0.717, 1.165) is 0 Å². The van der Waals surface area contributed by atoms with Crippen molar-refractivity contribution in [2.24, 2.45) is 0 Å². The monoisotopic (exact) mass is 430 g/mol. The second-order valence-corrected chi connectivity index (χ2v) is 5.68. The summed E-state index contributed by atoms with van der Waals surface area (Å²) < 4.78 is 0. The summed E-state index contributed by atoms with van der Waals surface area (Å²) in [6.07, 6.45) is 15.1. The fourth-order valence-corrected chi connectivity index (χ4v) is 2.30. The minimum atomic E-state index is 0. The Hall–Kier alpha value is 0.880. The Morgan fingerprint density at radius 2 is 0.762 bits per heavy atom. The molecule has 0 atom stereocenters. The maximum atomic E-state index is 3.54. The van der Waals surface area contributed by atoms with Crippen molar-refractivity contribution in [3.63, 3.8) is 0 Å². The van der Waals surface area contributed by atoms with Crippen LogP contribution in [0.5, 0.6) is 0 Å². The third-order valence-corrected chi connectivity index (χ3v) is 3.62. The topological polar surface area (TPSA) is 24.1 Å². The van der Waals surface area contributed by atoms with E-state index in [9.17, 15) is 0 Å².